The van der Waals surface area contributed by atoms with E-state index in [4.69, 9.17) is 17.4 Å². The van der Waals surface area contributed by atoms with Crippen LogP contribution in [0.15, 0.2) is 30.7 Å². The molecule has 2 heterocycles. The lowest BCUT2D eigenvalue weighted by Crippen LogP contribution is -2.30. The molecule has 0 aromatic carbocycles. The predicted molar refractivity (Wildman–Crippen MR) is 70.9 cm³/mol. The Hall–Kier alpha value is -1.43. The van der Waals surface area contributed by atoms with Crippen molar-refractivity contribution in [3.63, 3.8) is 0 Å². The first-order valence-electron chi connectivity index (χ1n) is 5.82. The molecule has 0 amide bonds. The van der Waals surface area contributed by atoms with E-state index in [9.17, 15) is 0 Å². The summed E-state index contributed by atoms with van der Waals surface area (Å²) in [5.74, 6) is 5.58. The Morgan fingerprint density at radius 3 is 2.83 bits per heavy atom. The number of nitrogens with two attached hydrogens (primary N) is 1. The van der Waals surface area contributed by atoms with E-state index in [0.29, 0.717) is 5.02 Å². The van der Waals surface area contributed by atoms with Gasteiger partial charge in [0.1, 0.15) is 0 Å². The Bertz CT molecular complexity index is 493. The van der Waals surface area contributed by atoms with E-state index < -0.39 is 0 Å². The lowest BCUT2D eigenvalue weighted by atomic mass is 10.1. The Labute approximate surface area is 111 Å². The van der Waals surface area contributed by atoms with Crippen LogP contribution in [0.3, 0.4) is 0 Å². The highest BCUT2D eigenvalue weighted by Crippen LogP contribution is 2.17. The van der Waals surface area contributed by atoms with Crippen LogP contribution in [-0.4, -0.2) is 14.8 Å². The van der Waals surface area contributed by atoms with Crippen molar-refractivity contribution in [2.24, 2.45) is 5.84 Å². The molecule has 6 heteroatoms. The number of halogens is 1. The minimum absolute atomic E-state index is 0.0447. The molecule has 0 bridgehead atoms. The van der Waals surface area contributed by atoms with Crippen LogP contribution in [0, 0.1) is 0 Å². The van der Waals surface area contributed by atoms with E-state index in [-0.39, 0.29) is 6.04 Å². The summed E-state index contributed by atoms with van der Waals surface area (Å²) in [6, 6.07) is 3.64. The molecule has 0 spiro atoms. The first-order valence-corrected chi connectivity index (χ1v) is 6.19. The standard InChI is InChI=1S/C12H16ClN5/c1-2-18-8-9(6-16-18)5-12(17-14)11-4-3-10(13)7-15-11/h3-4,6-8,12,17H,2,5,14H2,1H3. The summed E-state index contributed by atoms with van der Waals surface area (Å²) < 4.78 is 1.89. The van der Waals surface area contributed by atoms with Crippen LogP contribution in [0.2, 0.25) is 5.02 Å². The molecule has 96 valence electrons. The smallest absolute Gasteiger partial charge is 0.0673 e. The maximum atomic E-state index is 5.81. The van der Waals surface area contributed by atoms with Gasteiger partial charge in [-0.2, -0.15) is 5.10 Å². The minimum atomic E-state index is -0.0447. The van der Waals surface area contributed by atoms with Gasteiger partial charge in [-0.25, -0.2) is 0 Å². The molecular weight excluding hydrogens is 250 g/mol. The number of nitrogens with zero attached hydrogens (tertiary/aromatic N) is 3. The first kappa shape index (κ1) is 13.0. The van der Waals surface area contributed by atoms with Crippen molar-refractivity contribution in [2.75, 3.05) is 0 Å². The maximum Gasteiger partial charge on any atom is 0.0673 e. The largest absolute Gasteiger partial charge is 0.273 e. The van der Waals surface area contributed by atoms with Crippen LogP contribution in [0.1, 0.15) is 24.2 Å². The topological polar surface area (TPSA) is 68.8 Å². The van der Waals surface area contributed by atoms with Crippen molar-refractivity contribution < 1.29 is 0 Å². The highest BCUT2D eigenvalue weighted by molar-refractivity contribution is 6.30. The molecule has 3 N–H and O–H groups in total. The summed E-state index contributed by atoms with van der Waals surface area (Å²) >= 11 is 5.81. The Kier molecular flexibility index (Phi) is 4.30. The third kappa shape index (κ3) is 3.07. The molecule has 2 aromatic rings. The van der Waals surface area contributed by atoms with Crippen LogP contribution in [0.25, 0.3) is 0 Å². The molecule has 18 heavy (non-hydrogen) atoms. The van der Waals surface area contributed by atoms with E-state index >= 15 is 0 Å². The Morgan fingerprint density at radius 1 is 1.44 bits per heavy atom. The Morgan fingerprint density at radius 2 is 2.28 bits per heavy atom. The number of hydrogen-bond donors (Lipinski definition) is 2. The first-order chi connectivity index (χ1) is 8.72. The number of rotatable bonds is 5. The molecular formula is C12H16ClN5. The van der Waals surface area contributed by atoms with Gasteiger partial charge in [-0.1, -0.05) is 11.6 Å². The van der Waals surface area contributed by atoms with E-state index in [1.165, 1.54) is 0 Å². The van der Waals surface area contributed by atoms with Crippen LogP contribution in [-0.2, 0) is 13.0 Å². The number of hydrazine groups is 1. The number of aryl methyl sites for hydroxylation is 1. The van der Waals surface area contributed by atoms with Gasteiger partial charge >= 0.3 is 0 Å². The van der Waals surface area contributed by atoms with Gasteiger partial charge in [0, 0.05) is 18.9 Å². The monoisotopic (exact) mass is 265 g/mol. The zero-order chi connectivity index (χ0) is 13.0. The zero-order valence-electron chi connectivity index (χ0n) is 10.2. The highest BCUT2D eigenvalue weighted by atomic mass is 35.5. The summed E-state index contributed by atoms with van der Waals surface area (Å²) in [5.41, 5.74) is 4.76. The third-order valence-corrected chi connectivity index (χ3v) is 2.98. The van der Waals surface area contributed by atoms with Crippen molar-refractivity contribution in [3.05, 3.63) is 47.0 Å². The van der Waals surface area contributed by atoms with Crippen LogP contribution < -0.4 is 11.3 Å². The van der Waals surface area contributed by atoms with E-state index in [1.54, 1.807) is 6.20 Å². The van der Waals surface area contributed by atoms with Gasteiger partial charge in [-0.05, 0) is 31.0 Å². The molecule has 0 saturated heterocycles. The minimum Gasteiger partial charge on any atom is -0.273 e. The summed E-state index contributed by atoms with van der Waals surface area (Å²) in [6.07, 6.45) is 6.23. The zero-order valence-corrected chi connectivity index (χ0v) is 10.9. The quantitative estimate of drug-likeness (QED) is 0.638. The second kappa shape index (κ2) is 5.95. The molecule has 1 unspecified atom stereocenters. The van der Waals surface area contributed by atoms with Crippen molar-refractivity contribution in [2.45, 2.75) is 25.9 Å². The SMILES string of the molecule is CCn1cc(CC(NN)c2ccc(Cl)cn2)cn1. The lowest BCUT2D eigenvalue weighted by molar-refractivity contribution is 0.538. The van der Waals surface area contributed by atoms with E-state index in [1.807, 2.05) is 29.2 Å². The fraction of sp³-hybridized carbons (Fsp3) is 0.333. The summed E-state index contributed by atoms with van der Waals surface area (Å²) in [4.78, 5) is 4.27. The highest BCUT2D eigenvalue weighted by Gasteiger charge is 2.13. The number of hydrogen-bond acceptors (Lipinski definition) is 4. The van der Waals surface area contributed by atoms with Crippen molar-refractivity contribution in [3.8, 4) is 0 Å². The average Bonchev–Trinajstić information content (AvgIpc) is 2.85. The average molecular weight is 266 g/mol. The van der Waals surface area contributed by atoms with Crippen molar-refractivity contribution in [1.82, 2.24) is 20.2 Å². The molecule has 0 radical (unpaired) electrons. The van der Waals surface area contributed by atoms with Crippen molar-refractivity contribution >= 4 is 11.6 Å². The maximum absolute atomic E-state index is 5.81. The molecule has 0 aliphatic rings. The van der Waals surface area contributed by atoms with Gasteiger partial charge in [0.15, 0.2) is 0 Å². The number of pyridine rings is 1. The van der Waals surface area contributed by atoms with E-state index in [2.05, 4.69) is 22.4 Å². The van der Waals surface area contributed by atoms with Crippen LogP contribution in [0.5, 0.6) is 0 Å². The summed E-state index contributed by atoms with van der Waals surface area (Å²) in [6.45, 7) is 2.91. The normalized spacial score (nSPS) is 12.6. The van der Waals surface area contributed by atoms with Gasteiger partial charge in [-0.3, -0.25) is 20.9 Å². The molecule has 0 saturated carbocycles. The summed E-state index contributed by atoms with van der Waals surface area (Å²) in [5, 5.41) is 4.86. The fourth-order valence-electron chi connectivity index (χ4n) is 1.76. The van der Waals surface area contributed by atoms with Gasteiger partial charge in [0.05, 0.1) is 23.0 Å². The predicted octanol–water partition coefficient (Wildman–Crippen LogP) is 1.70. The van der Waals surface area contributed by atoms with Crippen LogP contribution in [0.4, 0.5) is 0 Å². The molecule has 0 aliphatic carbocycles. The number of aromatic nitrogens is 3. The van der Waals surface area contributed by atoms with Gasteiger partial charge in [0.25, 0.3) is 0 Å². The Balaban J connectivity index is 2.11. The second-order valence-corrected chi connectivity index (χ2v) is 4.47. The van der Waals surface area contributed by atoms with Gasteiger partial charge < -0.3 is 0 Å². The molecule has 0 aliphatic heterocycles. The third-order valence-electron chi connectivity index (χ3n) is 2.76. The fourth-order valence-corrected chi connectivity index (χ4v) is 1.87. The molecule has 0 fully saturated rings. The number of nitrogens with one attached hydrogen (secondary N) is 1. The van der Waals surface area contributed by atoms with Gasteiger partial charge in [-0.15, -0.1) is 0 Å². The van der Waals surface area contributed by atoms with Gasteiger partial charge in [0.2, 0.25) is 0 Å². The van der Waals surface area contributed by atoms with E-state index in [0.717, 1.165) is 24.2 Å². The molecule has 2 aromatic heterocycles. The molecule has 5 nitrogen and oxygen atoms in total. The second-order valence-electron chi connectivity index (χ2n) is 4.03. The molecule has 1 atom stereocenters. The van der Waals surface area contributed by atoms with Crippen molar-refractivity contribution in [1.29, 1.82) is 0 Å². The van der Waals surface area contributed by atoms with Crippen LogP contribution >= 0.6 is 11.6 Å². The summed E-state index contributed by atoms with van der Waals surface area (Å²) in [7, 11) is 0. The molecule has 2 rings (SSSR count). The lowest BCUT2D eigenvalue weighted by Gasteiger charge is -2.14.